The van der Waals surface area contributed by atoms with E-state index in [1.807, 2.05) is 13.8 Å². The van der Waals surface area contributed by atoms with Gasteiger partial charge in [0.15, 0.2) is 0 Å². The summed E-state index contributed by atoms with van der Waals surface area (Å²) in [4.78, 5) is 33.1. The monoisotopic (exact) mass is 212 g/mol. The van der Waals surface area contributed by atoms with Crippen LogP contribution in [0.4, 0.5) is 0 Å². The lowest BCUT2D eigenvalue weighted by Gasteiger charge is -2.08. The van der Waals surface area contributed by atoms with E-state index in [1.54, 1.807) is 0 Å². The fraction of sp³-hybridized carbons (Fsp3) is 0.750. The van der Waals surface area contributed by atoms with Crippen molar-refractivity contribution in [3.8, 4) is 0 Å². The van der Waals surface area contributed by atoms with Crippen molar-refractivity contribution in [2.45, 2.75) is 52.9 Å². The Labute approximate surface area is 91.2 Å². The number of carbonyl (C=O) groups excluding carboxylic acids is 3. The third kappa shape index (κ3) is 8.03. The molecule has 15 heavy (non-hydrogen) atoms. The highest BCUT2D eigenvalue weighted by Gasteiger charge is 2.12. The number of hydrogen-bond donors (Lipinski definition) is 0. The highest BCUT2D eigenvalue weighted by molar-refractivity contribution is 5.85. The third-order valence-electron chi connectivity index (χ3n) is 2.30. The molecule has 0 saturated heterocycles. The summed E-state index contributed by atoms with van der Waals surface area (Å²) in [5.74, 6) is 0.431. The fourth-order valence-electron chi connectivity index (χ4n) is 1.41. The molecule has 0 aromatic rings. The average Bonchev–Trinajstić information content (AvgIpc) is 2.14. The SMILES string of the molecule is CCC(=O)CC(C)CC(=O)CCC(C)=O. The van der Waals surface area contributed by atoms with E-state index in [0.717, 1.165) is 0 Å². The van der Waals surface area contributed by atoms with Gasteiger partial charge in [-0.1, -0.05) is 13.8 Å². The summed E-state index contributed by atoms with van der Waals surface area (Å²) < 4.78 is 0. The number of ketones is 3. The molecule has 0 radical (unpaired) electrons. The van der Waals surface area contributed by atoms with E-state index < -0.39 is 0 Å². The average molecular weight is 212 g/mol. The molecule has 0 saturated carbocycles. The second-order valence-corrected chi connectivity index (χ2v) is 4.15. The van der Waals surface area contributed by atoms with Crippen LogP contribution in [0.25, 0.3) is 0 Å². The molecule has 0 N–H and O–H groups in total. The molecule has 0 aromatic heterocycles. The summed E-state index contributed by atoms with van der Waals surface area (Å²) in [5.41, 5.74) is 0. The molecule has 3 nitrogen and oxygen atoms in total. The Balaban J connectivity index is 3.76. The van der Waals surface area contributed by atoms with Crippen LogP contribution in [0.5, 0.6) is 0 Å². The molecule has 0 fully saturated rings. The summed E-state index contributed by atoms with van der Waals surface area (Å²) in [6.07, 6.45) is 2.07. The Morgan fingerprint density at radius 2 is 1.53 bits per heavy atom. The van der Waals surface area contributed by atoms with Crippen LogP contribution in [-0.4, -0.2) is 17.3 Å². The molecule has 0 aliphatic heterocycles. The molecule has 86 valence electrons. The van der Waals surface area contributed by atoms with Crippen molar-refractivity contribution in [1.82, 2.24) is 0 Å². The van der Waals surface area contributed by atoms with Gasteiger partial charge in [0.25, 0.3) is 0 Å². The van der Waals surface area contributed by atoms with E-state index in [4.69, 9.17) is 0 Å². The van der Waals surface area contributed by atoms with E-state index in [1.165, 1.54) is 6.92 Å². The third-order valence-corrected chi connectivity index (χ3v) is 2.30. The van der Waals surface area contributed by atoms with Gasteiger partial charge >= 0.3 is 0 Å². The van der Waals surface area contributed by atoms with Crippen LogP contribution in [0.1, 0.15) is 52.9 Å². The van der Waals surface area contributed by atoms with Crippen LogP contribution in [0.3, 0.4) is 0 Å². The first kappa shape index (κ1) is 14.0. The summed E-state index contributed by atoms with van der Waals surface area (Å²) in [6, 6.07) is 0. The number of rotatable bonds is 8. The van der Waals surface area contributed by atoms with Crippen molar-refractivity contribution in [3.05, 3.63) is 0 Å². The highest BCUT2D eigenvalue weighted by atomic mass is 16.1. The van der Waals surface area contributed by atoms with Gasteiger partial charge in [-0.05, 0) is 12.8 Å². The largest absolute Gasteiger partial charge is 0.300 e. The van der Waals surface area contributed by atoms with E-state index >= 15 is 0 Å². The van der Waals surface area contributed by atoms with Gasteiger partial charge in [-0.15, -0.1) is 0 Å². The van der Waals surface area contributed by atoms with Gasteiger partial charge in [-0.3, -0.25) is 9.59 Å². The number of Topliss-reactive ketones (excluding diaryl/α,β-unsaturated/α-hetero) is 3. The molecular weight excluding hydrogens is 192 g/mol. The predicted molar refractivity (Wildman–Crippen MR) is 58.6 cm³/mol. The lowest BCUT2D eigenvalue weighted by molar-refractivity contribution is -0.124. The minimum Gasteiger partial charge on any atom is -0.300 e. The van der Waals surface area contributed by atoms with Gasteiger partial charge in [0.2, 0.25) is 0 Å². The Hall–Kier alpha value is -0.990. The standard InChI is InChI=1S/C12H20O3/c1-4-11(14)7-9(2)8-12(15)6-5-10(3)13/h9H,4-8H2,1-3H3. The molecule has 1 unspecified atom stereocenters. The molecule has 3 heteroatoms. The Morgan fingerprint density at radius 1 is 1.00 bits per heavy atom. The van der Waals surface area contributed by atoms with Gasteiger partial charge in [-0.2, -0.15) is 0 Å². The van der Waals surface area contributed by atoms with Gasteiger partial charge in [0.05, 0.1) is 0 Å². The fourth-order valence-corrected chi connectivity index (χ4v) is 1.41. The minimum atomic E-state index is 0.0423. The molecule has 0 spiro atoms. The molecule has 0 aliphatic rings. The van der Waals surface area contributed by atoms with Crippen LogP contribution < -0.4 is 0 Å². The van der Waals surface area contributed by atoms with Crippen LogP contribution >= 0.6 is 0 Å². The maximum Gasteiger partial charge on any atom is 0.133 e. The van der Waals surface area contributed by atoms with E-state index in [9.17, 15) is 14.4 Å². The minimum absolute atomic E-state index is 0.0423. The summed E-state index contributed by atoms with van der Waals surface area (Å²) in [5, 5.41) is 0. The Kier molecular flexibility index (Phi) is 6.84. The number of hydrogen-bond acceptors (Lipinski definition) is 3. The molecule has 0 rings (SSSR count). The second kappa shape index (κ2) is 7.32. The first-order chi connectivity index (χ1) is 6.95. The topological polar surface area (TPSA) is 51.2 Å². The summed E-state index contributed by atoms with van der Waals surface area (Å²) in [7, 11) is 0. The van der Waals surface area contributed by atoms with Crippen molar-refractivity contribution >= 4 is 17.3 Å². The molecule has 1 atom stereocenters. The van der Waals surface area contributed by atoms with Crippen LogP contribution in [-0.2, 0) is 14.4 Å². The van der Waals surface area contributed by atoms with Crippen molar-refractivity contribution in [2.75, 3.05) is 0 Å². The van der Waals surface area contributed by atoms with Gasteiger partial charge in [0.1, 0.15) is 17.3 Å². The molecular formula is C12H20O3. The molecule has 0 aromatic carbocycles. The zero-order valence-electron chi connectivity index (χ0n) is 9.84. The Bertz CT molecular complexity index is 243. The predicted octanol–water partition coefficient (Wildman–Crippen LogP) is 2.32. The maximum absolute atomic E-state index is 11.4. The second-order valence-electron chi connectivity index (χ2n) is 4.15. The first-order valence-corrected chi connectivity index (χ1v) is 5.48. The van der Waals surface area contributed by atoms with Crippen LogP contribution in [0.15, 0.2) is 0 Å². The van der Waals surface area contributed by atoms with Crippen molar-refractivity contribution in [1.29, 1.82) is 0 Å². The smallest absolute Gasteiger partial charge is 0.133 e. The maximum atomic E-state index is 11.4. The molecule has 0 heterocycles. The van der Waals surface area contributed by atoms with Gasteiger partial charge in [-0.25, -0.2) is 0 Å². The molecule has 0 amide bonds. The Morgan fingerprint density at radius 3 is 2.00 bits per heavy atom. The lowest BCUT2D eigenvalue weighted by Crippen LogP contribution is -2.10. The van der Waals surface area contributed by atoms with E-state index in [0.29, 0.717) is 32.1 Å². The van der Waals surface area contributed by atoms with E-state index in [-0.39, 0.29) is 23.3 Å². The van der Waals surface area contributed by atoms with Gasteiger partial charge < -0.3 is 4.79 Å². The normalized spacial score (nSPS) is 12.2. The van der Waals surface area contributed by atoms with Crippen LogP contribution in [0, 0.1) is 5.92 Å². The zero-order chi connectivity index (χ0) is 11.8. The summed E-state index contributed by atoms with van der Waals surface area (Å²) in [6.45, 7) is 5.21. The van der Waals surface area contributed by atoms with Gasteiger partial charge in [0, 0.05) is 32.1 Å². The van der Waals surface area contributed by atoms with E-state index in [2.05, 4.69) is 0 Å². The summed E-state index contributed by atoms with van der Waals surface area (Å²) >= 11 is 0. The van der Waals surface area contributed by atoms with Crippen molar-refractivity contribution < 1.29 is 14.4 Å². The molecule has 0 bridgehead atoms. The molecule has 0 aliphatic carbocycles. The van der Waals surface area contributed by atoms with Crippen molar-refractivity contribution in [2.24, 2.45) is 5.92 Å². The lowest BCUT2D eigenvalue weighted by atomic mass is 9.96. The van der Waals surface area contributed by atoms with Crippen LogP contribution in [0.2, 0.25) is 0 Å². The highest BCUT2D eigenvalue weighted by Crippen LogP contribution is 2.11. The first-order valence-electron chi connectivity index (χ1n) is 5.48. The zero-order valence-corrected chi connectivity index (χ0v) is 9.84. The number of carbonyl (C=O) groups is 3. The van der Waals surface area contributed by atoms with Crippen molar-refractivity contribution in [3.63, 3.8) is 0 Å². The quantitative estimate of drug-likeness (QED) is 0.620.